The molecule has 2 atom stereocenters. The third-order valence-electron chi connectivity index (χ3n) is 6.75. The van der Waals surface area contributed by atoms with Crippen molar-refractivity contribution in [3.63, 3.8) is 0 Å². The van der Waals surface area contributed by atoms with E-state index in [0.29, 0.717) is 54.3 Å². The van der Waals surface area contributed by atoms with Gasteiger partial charge in [0.05, 0.1) is 27.9 Å². The van der Waals surface area contributed by atoms with Crippen LogP contribution in [0.4, 0.5) is 4.39 Å². The van der Waals surface area contributed by atoms with Gasteiger partial charge in [-0.15, -0.1) is 0 Å². The van der Waals surface area contributed by atoms with Crippen molar-refractivity contribution in [1.29, 1.82) is 0 Å². The molecular weight excluding hydrogens is 419 g/mol. The highest BCUT2D eigenvalue weighted by molar-refractivity contribution is 6.34. The molecule has 2 aromatic rings. The maximum Gasteiger partial charge on any atom is 0.306 e. The number of halogens is 2. The molecule has 162 valence electrons. The van der Waals surface area contributed by atoms with E-state index in [1.165, 1.54) is 4.68 Å². The lowest BCUT2D eigenvalue weighted by atomic mass is 9.85. The fourth-order valence-corrected chi connectivity index (χ4v) is 5.14. The van der Waals surface area contributed by atoms with E-state index >= 15 is 0 Å². The highest BCUT2D eigenvalue weighted by Gasteiger charge is 2.34. The molecule has 0 amide bonds. The summed E-state index contributed by atoms with van der Waals surface area (Å²) >= 11 is 6.46. The molecule has 7 heteroatoms. The zero-order chi connectivity index (χ0) is 21.7. The number of fused-ring (bicyclic) bond motifs is 1. The second-order valence-electron chi connectivity index (χ2n) is 8.85. The molecule has 0 bridgehead atoms. The van der Waals surface area contributed by atoms with Crippen LogP contribution in [0.2, 0.25) is 5.02 Å². The van der Waals surface area contributed by atoms with Crippen LogP contribution >= 0.6 is 11.6 Å². The second-order valence-corrected chi connectivity index (χ2v) is 9.26. The summed E-state index contributed by atoms with van der Waals surface area (Å²) in [5.74, 6) is -1.14. The first-order chi connectivity index (χ1) is 14.9. The number of alkyl halides is 1. The standard InChI is InChI=1S/C24H24ClFN2O3/c25-19-3-1-2-17(13-4-5-13)21(19)23(29)28-20-12-16(26)10-11-18(20)22(27-28)14-6-8-15(9-7-14)24(30)31/h1-3,6,13,15-16H,4-5,7-12H2,(H,30,31). The minimum Gasteiger partial charge on any atom is -0.481 e. The average molecular weight is 443 g/mol. The summed E-state index contributed by atoms with van der Waals surface area (Å²) in [6, 6.07) is 5.52. The number of hydrogen-bond donors (Lipinski definition) is 1. The van der Waals surface area contributed by atoms with Crippen molar-refractivity contribution in [1.82, 2.24) is 9.78 Å². The second kappa shape index (κ2) is 7.90. The maximum atomic E-state index is 14.3. The van der Waals surface area contributed by atoms with Gasteiger partial charge in [0, 0.05) is 12.0 Å². The Kier molecular flexibility index (Phi) is 5.21. The van der Waals surface area contributed by atoms with Crippen molar-refractivity contribution in [2.24, 2.45) is 5.92 Å². The van der Waals surface area contributed by atoms with Crippen LogP contribution < -0.4 is 0 Å². The zero-order valence-corrected chi connectivity index (χ0v) is 17.9. The van der Waals surface area contributed by atoms with Gasteiger partial charge in [-0.05, 0) is 68.1 Å². The first-order valence-corrected chi connectivity index (χ1v) is 11.3. The van der Waals surface area contributed by atoms with Crippen molar-refractivity contribution < 1.29 is 19.1 Å². The van der Waals surface area contributed by atoms with Crippen LogP contribution in [0.25, 0.3) is 5.57 Å². The van der Waals surface area contributed by atoms with Gasteiger partial charge in [0.1, 0.15) is 6.17 Å². The van der Waals surface area contributed by atoms with Crippen LogP contribution in [0.15, 0.2) is 24.3 Å². The SMILES string of the molecule is O=C(O)C1CC=C(c2nn(C(=O)c3c(Cl)cccc3C3CC3)c3c2CCC(F)C3)CC1. The molecule has 31 heavy (non-hydrogen) atoms. The number of allylic oxidation sites excluding steroid dienone is 2. The van der Waals surface area contributed by atoms with Crippen LogP contribution in [0.3, 0.4) is 0 Å². The van der Waals surface area contributed by atoms with Crippen molar-refractivity contribution in [3.05, 3.63) is 57.4 Å². The smallest absolute Gasteiger partial charge is 0.306 e. The van der Waals surface area contributed by atoms with Crippen molar-refractivity contribution in [2.45, 2.75) is 63.5 Å². The number of carboxylic acids is 1. The van der Waals surface area contributed by atoms with Crippen molar-refractivity contribution >= 4 is 29.1 Å². The number of hydrogen-bond acceptors (Lipinski definition) is 3. The number of carbonyl (C=O) groups is 2. The number of carbonyl (C=O) groups excluding carboxylic acids is 1. The summed E-state index contributed by atoms with van der Waals surface area (Å²) in [5, 5.41) is 14.4. The number of carboxylic acid groups (broad SMARTS) is 1. The monoisotopic (exact) mass is 442 g/mol. The highest BCUT2D eigenvalue weighted by atomic mass is 35.5. The van der Waals surface area contributed by atoms with Crippen LogP contribution in [0.1, 0.15) is 77.3 Å². The van der Waals surface area contributed by atoms with Crippen molar-refractivity contribution in [3.8, 4) is 0 Å². The molecule has 3 aliphatic rings. The van der Waals surface area contributed by atoms with Crippen LogP contribution in [-0.2, 0) is 17.6 Å². The lowest BCUT2D eigenvalue weighted by Crippen LogP contribution is -2.23. The van der Waals surface area contributed by atoms with Gasteiger partial charge in [-0.2, -0.15) is 9.78 Å². The van der Waals surface area contributed by atoms with E-state index in [-0.39, 0.29) is 18.2 Å². The molecule has 1 aromatic heterocycles. The van der Waals surface area contributed by atoms with Gasteiger partial charge in [-0.25, -0.2) is 4.39 Å². The summed E-state index contributed by atoms with van der Waals surface area (Å²) in [5.41, 5.74) is 4.63. The minimum atomic E-state index is -1.01. The Balaban J connectivity index is 1.58. The van der Waals surface area contributed by atoms with Gasteiger partial charge >= 0.3 is 5.97 Å². The summed E-state index contributed by atoms with van der Waals surface area (Å²) in [7, 11) is 0. The van der Waals surface area contributed by atoms with Gasteiger partial charge in [0.2, 0.25) is 0 Å². The summed E-state index contributed by atoms with van der Waals surface area (Å²) < 4.78 is 15.7. The molecule has 0 saturated heterocycles. The van der Waals surface area contributed by atoms with E-state index in [9.17, 15) is 19.1 Å². The van der Waals surface area contributed by atoms with E-state index in [0.717, 1.165) is 35.2 Å². The van der Waals surface area contributed by atoms with Gasteiger partial charge in [-0.3, -0.25) is 9.59 Å². The Labute approximate surface area is 184 Å². The number of aromatic nitrogens is 2. The van der Waals surface area contributed by atoms with Crippen LogP contribution in [-0.4, -0.2) is 32.9 Å². The van der Waals surface area contributed by atoms with E-state index in [2.05, 4.69) is 5.10 Å². The third kappa shape index (κ3) is 3.71. The van der Waals surface area contributed by atoms with E-state index in [4.69, 9.17) is 11.6 Å². The Morgan fingerprint density at radius 3 is 2.65 bits per heavy atom. The normalized spacial score (nSPS) is 23.2. The Morgan fingerprint density at radius 1 is 1.16 bits per heavy atom. The molecule has 1 heterocycles. The van der Waals surface area contributed by atoms with Gasteiger partial charge < -0.3 is 5.11 Å². The number of nitrogens with zero attached hydrogens (tertiary/aromatic N) is 2. The maximum absolute atomic E-state index is 14.3. The van der Waals surface area contributed by atoms with Crippen molar-refractivity contribution in [2.75, 3.05) is 0 Å². The molecule has 5 nitrogen and oxygen atoms in total. The predicted molar refractivity (Wildman–Crippen MR) is 115 cm³/mol. The zero-order valence-electron chi connectivity index (χ0n) is 17.1. The molecule has 1 aromatic carbocycles. The summed E-state index contributed by atoms with van der Waals surface area (Å²) in [4.78, 5) is 24.9. The van der Waals surface area contributed by atoms with Gasteiger partial charge in [0.15, 0.2) is 0 Å². The van der Waals surface area contributed by atoms with Gasteiger partial charge in [-0.1, -0.05) is 29.8 Å². The highest BCUT2D eigenvalue weighted by Crippen LogP contribution is 2.44. The lowest BCUT2D eigenvalue weighted by Gasteiger charge is -2.20. The molecule has 1 N–H and O–H groups in total. The molecule has 1 fully saturated rings. The fourth-order valence-electron chi connectivity index (χ4n) is 4.88. The molecule has 1 saturated carbocycles. The predicted octanol–water partition coefficient (Wildman–Crippen LogP) is 5.20. The topological polar surface area (TPSA) is 72.2 Å². The number of aliphatic carboxylic acids is 1. The quantitative estimate of drug-likeness (QED) is 0.706. The van der Waals surface area contributed by atoms with E-state index < -0.39 is 12.1 Å². The molecule has 0 spiro atoms. The van der Waals surface area contributed by atoms with E-state index in [1.54, 1.807) is 6.07 Å². The largest absolute Gasteiger partial charge is 0.481 e. The van der Waals surface area contributed by atoms with Crippen LogP contribution in [0, 0.1) is 5.92 Å². The molecular formula is C24H24ClFN2O3. The summed E-state index contributed by atoms with van der Waals surface area (Å²) in [6.45, 7) is 0. The molecule has 3 aliphatic carbocycles. The van der Waals surface area contributed by atoms with Gasteiger partial charge in [0.25, 0.3) is 5.91 Å². The summed E-state index contributed by atoms with van der Waals surface area (Å²) in [6.07, 6.45) is 5.65. The first kappa shape index (κ1) is 20.4. The minimum absolute atomic E-state index is 0.155. The lowest BCUT2D eigenvalue weighted by molar-refractivity contribution is -0.141. The molecule has 0 aliphatic heterocycles. The average Bonchev–Trinajstić information content (AvgIpc) is 3.54. The number of benzene rings is 1. The Hall–Kier alpha value is -2.47. The fraction of sp³-hybridized carbons (Fsp3) is 0.458. The Bertz CT molecular complexity index is 1100. The molecule has 5 rings (SSSR count). The first-order valence-electron chi connectivity index (χ1n) is 10.9. The van der Waals surface area contributed by atoms with Crippen LogP contribution in [0.5, 0.6) is 0 Å². The molecule has 2 unspecified atom stereocenters. The number of rotatable bonds is 4. The Morgan fingerprint density at radius 2 is 1.97 bits per heavy atom. The third-order valence-corrected chi connectivity index (χ3v) is 7.06. The van der Waals surface area contributed by atoms with E-state index in [1.807, 2.05) is 18.2 Å². The molecule has 0 radical (unpaired) electrons.